The largest absolute Gasteiger partial charge is 0.317 e. The van der Waals surface area contributed by atoms with Crippen molar-refractivity contribution in [2.75, 3.05) is 24.5 Å². The van der Waals surface area contributed by atoms with Crippen molar-refractivity contribution in [3.8, 4) is 0 Å². The number of nitrogens with one attached hydrogen (secondary N) is 1. The molecule has 3 heterocycles. The molecule has 1 aromatic rings. The molecular weight excluding hydrogens is 236 g/mol. The lowest BCUT2D eigenvalue weighted by molar-refractivity contribution is -0.118. The summed E-state index contributed by atoms with van der Waals surface area (Å²) in [6.45, 7) is 3.18. The number of aryl methyl sites for hydroxylation is 1. The molecule has 1 aromatic carbocycles. The zero-order valence-electron chi connectivity index (χ0n) is 11.2. The van der Waals surface area contributed by atoms with Gasteiger partial charge in [-0.05, 0) is 61.4 Å². The van der Waals surface area contributed by atoms with Gasteiger partial charge in [0, 0.05) is 13.0 Å². The SMILES string of the molecule is O=C1CCc2cc(C3CCNCC3)cc3c2N1CC3. The molecule has 19 heavy (non-hydrogen) atoms. The van der Waals surface area contributed by atoms with Gasteiger partial charge in [0.25, 0.3) is 0 Å². The first-order chi connectivity index (χ1) is 9.33. The van der Waals surface area contributed by atoms with Crippen molar-refractivity contribution >= 4 is 11.6 Å². The predicted molar refractivity (Wildman–Crippen MR) is 75.7 cm³/mol. The van der Waals surface area contributed by atoms with Gasteiger partial charge >= 0.3 is 0 Å². The highest BCUT2D eigenvalue weighted by atomic mass is 16.2. The summed E-state index contributed by atoms with van der Waals surface area (Å²) in [6, 6.07) is 4.77. The van der Waals surface area contributed by atoms with Crippen molar-refractivity contribution in [2.45, 2.75) is 38.0 Å². The van der Waals surface area contributed by atoms with Crippen LogP contribution >= 0.6 is 0 Å². The Balaban J connectivity index is 1.75. The topological polar surface area (TPSA) is 32.3 Å². The number of piperidine rings is 1. The highest BCUT2D eigenvalue weighted by Gasteiger charge is 2.32. The molecule has 3 heteroatoms. The molecule has 0 atom stereocenters. The lowest BCUT2D eigenvalue weighted by Crippen LogP contribution is -2.33. The van der Waals surface area contributed by atoms with Crippen LogP contribution in [0.15, 0.2) is 12.1 Å². The molecule has 0 saturated carbocycles. The molecule has 3 nitrogen and oxygen atoms in total. The molecule has 1 N–H and O–H groups in total. The van der Waals surface area contributed by atoms with Crippen LogP contribution in [-0.4, -0.2) is 25.5 Å². The number of amides is 1. The number of nitrogens with zero attached hydrogens (tertiary/aromatic N) is 1. The van der Waals surface area contributed by atoms with Crippen molar-refractivity contribution in [3.05, 3.63) is 28.8 Å². The van der Waals surface area contributed by atoms with Crippen LogP contribution in [0.3, 0.4) is 0 Å². The minimum atomic E-state index is 0.320. The van der Waals surface area contributed by atoms with Gasteiger partial charge in [-0.3, -0.25) is 4.79 Å². The second-order valence-electron chi connectivity index (χ2n) is 6.01. The van der Waals surface area contributed by atoms with Gasteiger partial charge in [-0.2, -0.15) is 0 Å². The molecular formula is C16H20N2O. The van der Waals surface area contributed by atoms with E-state index in [9.17, 15) is 4.79 Å². The molecule has 100 valence electrons. The number of hydrogen-bond donors (Lipinski definition) is 1. The van der Waals surface area contributed by atoms with Gasteiger partial charge in [0.05, 0.1) is 5.69 Å². The van der Waals surface area contributed by atoms with Crippen LogP contribution in [0.1, 0.15) is 41.9 Å². The van der Waals surface area contributed by atoms with E-state index in [2.05, 4.69) is 17.4 Å². The monoisotopic (exact) mass is 256 g/mol. The summed E-state index contributed by atoms with van der Waals surface area (Å²) >= 11 is 0. The van der Waals surface area contributed by atoms with Crippen LogP contribution in [0.4, 0.5) is 5.69 Å². The van der Waals surface area contributed by atoms with E-state index in [0.717, 1.165) is 38.4 Å². The molecule has 3 aliphatic rings. The van der Waals surface area contributed by atoms with E-state index in [4.69, 9.17) is 0 Å². The summed E-state index contributed by atoms with van der Waals surface area (Å²) in [7, 11) is 0. The smallest absolute Gasteiger partial charge is 0.227 e. The van der Waals surface area contributed by atoms with Crippen molar-refractivity contribution in [2.24, 2.45) is 0 Å². The van der Waals surface area contributed by atoms with E-state index < -0.39 is 0 Å². The van der Waals surface area contributed by atoms with Crippen LogP contribution < -0.4 is 10.2 Å². The van der Waals surface area contributed by atoms with Gasteiger partial charge < -0.3 is 10.2 Å². The van der Waals surface area contributed by atoms with Crippen LogP contribution in [0.25, 0.3) is 0 Å². The summed E-state index contributed by atoms with van der Waals surface area (Å²) < 4.78 is 0. The zero-order valence-corrected chi connectivity index (χ0v) is 11.2. The summed E-state index contributed by atoms with van der Waals surface area (Å²) in [6.07, 6.45) is 5.19. The normalized spacial score (nSPS) is 22.7. The molecule has 0 aliphatic carbocycles. The first-order valence-electron chi connectivity index (χ1n) is 7.50. The Morgan fingerprint density at radius 3 is 2.58 bits per heavy atom. The lowest BCUT2D eigenvalue weighted by Gasteiger charge is -2.28. The zero-order chi connectivity index (χ0) is 12.8. The summed E-state index contributed by atoms with van der Waals surface area (Å²) in [5.74, 6) is 1.04. The lowest BCUT2D eigenvalue weighted by atomic mass is 9.86. The molecule has 4 rings (SSSR count). The van der Waals surface area contributed by atoms with Crippen LogP contribution in [0.5, 0.6) is 0 Å². The minimum absolute atomic E-state index is 0.320. The van der Waals surface area contributed by atoms with E-state index in [1.165, 1.54) is 35.2 Å². The van der Waals surface area contributed by atoms with Crippen LogP contribution in [0, 0.1) is 0 Å². The average Bonchev–Trinajstić information content (AvgIpc) is 2.89. The Kier molecular flexibility index (Phi) is 2.62. The average molecular weight is 256 g/mol. The highest BCUT2D eigenvalue weighted by Crippen LogP contribution is 2.40. The summed E-state index contributed by atoms with van der Waals surface area (Å²) in [5.41, 5.74) is 5.61. The van der Waals surface area contributed by atoms with Crippen LogP contribution in [-0.2, 0) is 17.6 Å². The number of carbonyl (C=O) groups excluding carboxylic acids is 1. The number of hydrogen-bond acceptors (Lipinski definition) is 2. The van der Waals surface area contributed by atoms with Crippen molar-refractivity contribution in [1.29, 1.82) is 0 Å². The molecule has 0 bridgehead atoms. The second kappa shape index (κ2) is 4.34. The van der Waals surface area contributed by atoms with E-state index in [-0.39, 0.29) is 0 Å². The van der Waals surface area contributed by atoms with Crippen molar-refractivity contribution in [3.63, 3.8) is 0 Å². The van der Waals surface area contributed by atoms with Gasteiger partial charge in [-0.1, -0.05) is 12.1 Å². The number of rotatable bonds is 1. The first kappa shape index (κ1) is 11.5. The fraction of sp³-hybridized carbons (Fsp3) is 0.562. The Morgan fingerprint density at radius 2 is 1.79 bits per heavy atom. The molecule has 3 aliphatic heterocycles. The van der Waals surface area contributed by atoms with E-state index >= 15 is 0 Å². The quantitative estimate of drug-likeness (QED) is 0.833. The maximum atomic E-state index is 11.9. The second-order valence-corrected chi connectivity index (χ2v) is 6.01. The van der Waals surface area contributed by atoms with E-state index in [1.807, 2.05) is 4.90 Å². The Morgan fingerprint density at radius 1 is 1.05 bits per heavy atom. The predicted octanol–water partition coefficient (Wildman–Crippen LogP) is 1.99. The molecule has 1 saturated heterocycles. The van der Waals surface area contributed by atoms with Gasteiger partial charge in [0.1, 0.15) is 0 Å². The third-order valence-electron chi connectivity index (χ3n) is 4.88. The third kappa shape index (κ3) is 1.79. The Labute approximate surface area is 114 Å². The Bertz CT molecular complexity index is 532. The maximum Gasteiger partial charge on any atom is 0.227 e. The first-order valence-corrected chi connectivity index (χ1v) is 7.50. The van der Waals surface area contributed by atoms with Gasteiger partial charge in [0.15, 0.2) is 0 Å². The highest BCUT2D eigenvalue weighted by molar-refractivity contribution is 5.98. The van der Waals surface area contributed by atoms with Crippen LogP contribution in [0.2, 0.25) is 0 Å². The molecule has 0 spiro atoms. The fourth-order valence-electron chi connectivity index (χ4n) is 3.88. The molecule has 0 aromatic heterocycles. The number of benzene rings is 1. The minimum Gasteiger partial charge on any atom is -0.317 e. The van der Waals surface area contributed by atoms with Gasteiger partial charge in [-0.25, -0.2) is 0 Å². The number of anilines is 1. The summed E-state index contributed by atoms with van der Waals surface area (Å²) in [5, 5.41) is 3.44. The van der Waals surface area contributed by atoms with Gasteiger partial charge in [0.2, 0.25) is 5.91 Å². The van der Waals surface area contributed by atoms with E-state index in [1.54, 1.807) is 0 Å². The van der Waals surface area contributed by atoms with Gasteiger partial charge in [-0.15, -0.1) is 0 Å². The molecule has 0 unspecified atom stereocenters. The standard InChI is InChI=1S/C16H20N2O/c19-15-2-1-12-9-14(11-3-6-17-7-4-11)10-13-5-8-18(15)16(12)13/h9-11,17H,1-8H2. The fourth-order valence-corrected chi connectivity index (χ4v) is 3.88. The summed E-state index contributed by atoms with van der Waals surface area (Å²) in [4.78, 5) is 13.9. The molecule has 1 amide bonds. The maximum absolute atomic E-state index is 11.9. The molecule has 0 radical (unpaired) electrons. The molecule has 1 fully saturated rings. The van der Waals surface area contributed by atoms with Crippen molar-refractivity contribution in [1.82, 2.24) is 5.32 Å². The third-order valence-corrected chi connectivity index (χ3v) is 4.88. The number of carbonyl (C=O) groups is 1. The Hall–Kier alpha value is -1.35. The van der Waals surface area contributed by atoms with Crippen molar-refractivity contribution < 1.29 is 4.79 Å². The van der Waals surface area contributed by atoms with E-state index in [0.29, 0.717) is 12.3 Å².